The number of nitrogens with zero attached hydrogens (tertiary/aromatic N) is 2. The van der Waals surface area contributed by atoms with Crippen molar-refractivity contribution in [3.8, 4) is 44.8 Å². The third kappa shape index (κ3) is 6.57. The molecular formula is C46H37ClN2. The number of hydrogen-bond acceptors (Lipinski definition) is 2. The fourth-order valence-electron chi connectivity index (χ4n) is 7.78. The summed E-state index contributed by atoms with van der Waals surface area (Å²) in [5, 5.41) is 0.856. The van der Waals surface area contributed by atoms with E-state index in [0.717, 1.165) is 57.9 Å². The minimum atomic E-state index is 0.329. The van der Waals surface area contributed by atoms with Crippen LogP contribution in [0.2, 0.25) is 5.02 Å². The molecule has 0 saturated heterocycles. The number of aromatic nitrogens is 2. The van der Waals surface area contributed by atoms with E-state index in [9.17, 15) is 0 Å². The summed E-state index contributed by atoms with van der Waals surface area (Å²) in [6.45, 7) is 0. The van der Waals surface area contributed by atoms with Crippen LogP contribution in [0.3, 0.4) is 0 Å². The first-order valence-electron chi connectivity index (χ1n) is 17.2. The van der Waals surface area contributed by atoms with Crippen LogP contribution < -0.4 is 0 Å². The maximum atomic E-state index is 6.91. The number of benzene rings is 5. The van der Waals surface area contributed by atoms with Crippen LogP contribution in [-0.2, 0) is 0 Å². The zero-order valence-corrected chi connectivity index (χ0v) is 28.0. The van der Waals surface area contributed by atoms with Crippen molar-refractivity contribution in [1.29, 1.82) is 0 Å². The lowest BCUT2D eigenvalue weighted by Crippen LogP contribution is -2.21. The molecule has 5 aromatic carbocycles. The lowest BCUT2D eigenvalue weighted by Gasteiger charge is -2.37. The summed E-state index contributed by atoms with van der Waals surface area (Å²) in [7, 11) is 0. The summed E-state index contributed by atoms with van der Waals surface area (Å²) in [6.07, 6.45) is 7.22. The van der Waals surface area contributed by atoms with Gasteiger partial charge in [-0.15, -0.1) is 0 Å². The molecule has 1 aliphatic rings. The molecule has 2 nitrogen and oxygen atoms in total. The molecular weight excluding hydrogens is 616 g/mol. The maximum absolute atomic E-state index is 6.91. The van der Waals surface area contributed by atoms with Crippen molar-refractivity contribution in [1.82, 2.24) is 9.97 Å². The maximum Gasteiger partial charge on any atom is 0.0702 e. The molecule has 1 aliphatic carbocycles. The highest BCUT2D eigenvalue weighted by molar-refractivity contribution is 6.31. The van der Waals surface area contributed by atoms with Crippen molar-refractivity contribution in [2.45, 2.75) is 37.0 Å². The second-order valence-corrected chi connectivity index (χ2v) is 13.5. The summed E-state index contributed by atoms with van der Waals surface area (Å²) < 4.78 is 0. The Morgan fingerprint density at radius 2 is 0.755 bits per heavy atom. The van der Waals surface area contributed by atoms with E-state index in [1.165, 1.54) is 27.8 Å². The van der Waals surface area contributed by atoms with Gasteiger partial charge in [0.15, 0.2) is 0 Å². The monoisotopic (exact) mass is 652 g/mol. The van der Waals surface area contributed by atoms with E-state index in [1.807, 2.05) is 36.7 Å². The van der Waals surface area contributed by atoms with Gasteiger partial charge >= 0.3 is 0 Å². The lowest BCUT2D eigenvalue weighted by molar-refractivity contribution is 0.352. The molecule has 0 bridgehead atoms. The topological polar surface area (TPSA) is 25.8 Å². The van der Waals surface area contributed by atoms with Gasteiger partial charge in [-0.05, 0) is 83.0 Å². The minimum Gasteiger partial charge on any atom is -0.256 e. The van der Waals surface area contributed by atoms with Crippen molar-refractivity contribution in [2.75, 3.05) is 0 Å². The van der Waals surface area contributed by atoms with Crippen LogP contribution in [0.5, 0.6) is 0 Å². The largest absolute Gasteiger partial charge is 0.256 e. The summed E-state index contributed by atoms with van der Waals surface area (Å²) >= 11 is 6.91. The van der Waals surface area contributed by atoms with Crippen molar-refractivity contribution >= 4 is 11.6 Å². The SMILES string of the molecule is Clc1ccccc1C1CC(c2ccccc2-c2ccc(-c3ccccc3)nc2)CC(c2ccccc2-c2ccc(-c3ccccc3)nc2)C1. The number of rotatable bonds is 7. The zero-order chi connectivity index (χ0) is 33.0. The summed E-state index contributed by atoms with van der Waals surface area (Å²) in [5.41, 5.74) is 13.0. The second-order valence-electron chi connectivity index (χ2n) is 13.1. The van der Waals surface area contributed by atoms with Gasteiger partial charge in [0.25, 0.3) is 0 Å². The van der Waals surface area contributed by atoms with Gasteiger partial charge in [-0.1, -0.05) is 151 Å². The molecule has 49 heavy (non-hydrogen) atoms. The van der Waals surface area contributed by atoms with E-state index in [0.29, 0.717) is 17.8 Å². The van der Waals surface area contributed by atoms with Crippen molar-refractivity contribution in [2.24, 2.45) is 0 Å². The van der Waals surface area contributed by atoms with Crippen molar-refractivity contribution in [3.63, 3.8) is 0 Å². The fourth-order valence-corrected chi connectivity index (χ4v) is 8.07. The van der Waals surface area contributed by atoms with Gasteiger partial charge in [0.1, 0.15) is 0 Å². The average Bonchev–Trinajstić information content (AvgIpc) is 3.19. The van der Waals surface area contributed by atoms with Crippen molar-refractivity contribution in [3.05, 3.63) is 192 Å². The standard InChI is InChI=1S/C46H37ClN2/c47-44-22-12-11-21-43(44)38-28-36(41-19-9-7-17-39(41)34-23-25-45(48-30-34)32-13-3-1-4-14-32)27-37(29-38)42-20-10-8-18-40(42)35-24-26-46(49-31-35)33-15-5-2-6-16-33/h1-26,30-31,36-38H,27-29H2. The molecule has 0 spiro atoms. The third-order valence-electron chi connectivity index (χ3n) is 10.1. The fraction of sp³-hybridized carbons (Fsp3) is 0.130. The molecule has 238 valence electrons. The smallest absolute Gasteiger partial charge is 0.0702 e. The Balaban J connectivity index is 1.16. The number of pyridine rings is 2. The van der Waals surface area contributed by atoms with E-state index in [4.69, 9.17) is 21.6 Å². The number of hydrogen-bond donors (Lipinski definition) is 0. The van der Waals surface area contributed by atoms with Gasteiger partial charge in [-0.25, -0.2) is 0 Å². The normalized spacial score (nSPS) is 17.4. The highest BCUT2D eigenvalue weighted by Gasteiger charge is 2.34. The van der Waals surface area contributed by atoms with Crippen LogP contribution in [0.1, 0.15) is 53.7 Å². The van der Waals surface area contributed by atoms with Gasteiger partial charge in [0.05, 0.1) is 11.4 Å². The van der Waals surface area contributed by atoms with E-state index in [-0.39, 0.29) is 0 Å². The molecule has 2 atom stereocenters. The Morgan fingerprint density at radius 3 is 1.18 bits per heavy atom. The summed E-state index contributed by atoms with van der Waals surface area (Å²) in [6, 6.07) is 55.8. The molecule has 3 heteroatoms. The second kappa shape index (κ2) is 14.0. The van der Waals surface area contributed by atoms with Gasteiger partial charge in [0.2, 0.25) is 0 Å². The predicted molar refractivity (Wildman–Crippen MR) is 204 cm³/mol. The molecule has 0 amide bonds. The molecule has 1 fully saturated rings. The van der Waals surface area contributed by atoms with E-state index >= 15 is 0 Å². The first kappa shape index (κ1) is 31.0. The van der Waals surface area contributed by atoms with E-state index < -0.39 is 0 Å². The lowest BCUT2D eigenvalue weighted by atomic mass is 9.67. The van der Waals surface area contributed by atoms with Crippen LogP contribution >= 0.6 is 11.6 Å². The highest BCUT2D eigenvalue weighted by atomic mass is 35.5. The van der Waals surface area contributed by atoms with Crippen LogP contribution in [0.25, 0.3) is 44.8 Å². The van der Waals surface area contributed by atoms with Crippen LogP contribution in [0, 0.1) is 0 Å². The van der Waals surface area contributed by atoms with Crippen molar-refractivity contribution < 1.29 is 0 Å². The van der Waals surface area contributed by atoms with Gasteiger partial charge in [0, 0.05) is 39.7 Å². The first-order valence-corrected chi connectivity index (χ1v) is 17.5. The molecule has 2 aromatic heterocycles. The molecule has 0 aliphatic heterocycles. The summed E-state index contributed by atoms with van der Waals surface area (Å²) in [5.74, 6) is 1.02. The van der Waals surface area contributed by atoms with Crippen LogP contribution in [-0.4, -0.2) is 9.97 Å². The van der Waals surface area contributed by atoms with Gasteiger partial charge in [-0.2, -0.15) is 0 Å². The average molecular weight is 653 g/mol. The Kier molecular flexibility index (Phi) is 8.88. The zero-order valence-electron chi connectivity index (χ0n) is 27.3. The predicted octanol–water partition coefficient (Wildman–Crippen LogP) is 12.6. The Labute approximate surface area is 294 Å². The molecule has 0 N–H and O–H groups in total. The Bertz CT molecular complexity index is 2020. The van der Waals surface area contributed by atoms with Gasteiger partial charge < -0.3 is 0 Å². The Hall–Kier alpha value is -5.31. The van der Waals surface area contributed by atoms with E-state index in [2.05, 4.69) is 133 Å². The first-order chi connectivity index (χ1) is 24.2. The molecule has 1 saturated carbocycles. The quantitative estimate of drug-likeness (QED) is 0.171. The molecule has 2 heterocycles. The van der Waals surface area contributed by atoms with Gasteiger partial charge in [-0.3, -0.25) is 9.97 Å². The summed E-state index contributed by atoms with van der Waals surface area (Å²) in [4.78, 5) is 9.79. The number of halogens is 1. The molecule has 0 radical (unpaired) electrons. The highest BCUT2D eigenvalue weighted by Crippen LogP contribution is 2.51. The minimum absolute atomic E-state index is 0.329. The molecule has 2 unspecified atom stereocenters. The Morgan fingerprint density at radius 1 is 0.367 bits per heavy atom. The molecule has 8 rings (SSSR count). The third-order valence-corrected chi connectivity index (χ3v) is 10.5. The van der Waals surface area contributed by atoms with Crippen LogP contribution in [0.15, 0.2) is 170 Å². The van der Waals surface area contributed by atoms with Crippen LogP contribution in [0.4, 0.5) is 0 Å². The molecule has 7 aromatic rings. The van der Waals surface area contributed by atoms with E-state index in [1.54, 1.807) is 0 Å².